The maximum atomic E-state index is 12.2. The van der Waals surface area contributed by atoms with Crippen molar-refractivity contribution in [1.29, 1.82) is 0 Å². The Labute approximate surface area is 156 Å². The van der Waals surface area contributed by atoms with Crippen molar-refractivity contribution in [3.05, 3.63) is 71.9 Å². The number of hydrogen-bond donors (Lipinski definition) is 2. The average molecular weight is 365 g/mol. The SMILES string of the molecule is COc1cc(CNC(=O)c2nccnc2N)ccc1OCc1ccncc1. The van der Waals surface area contributed by atoms with Gasteiger partial charge in [-0.3, -0.25) is 9.78 Å². The van der Waals surface area contributed by atoms with E-state index in [9.17, 15) is 4.79 Å². The highest BCUT2D eigenvalue weighted by Crippen LogP contribution is 2.28. The van der Waals surface area contributed by atoms with E-state index in [-0.39, 0.29) is 18.1 Å². The third-order valence-electron chi connectivity index (χ3n) is 3.77. The summed E-state index contributed by atoms with van der Waals surface area (Å²) in [5.74, 6) is 0.891. The highest BCUT2D eigenvalue weighted by molar-refractivity contribution is 5.96. The van der Waals surface area contributed by atoms with Crippen LogP contribution in [0.4, 0.5) is 5.82 Å². The van der Waals surface area contributed by atoms with Crippen molar-refractivity contribution in [1.82, 2.24) is 20.3 Å². The molecule has 8 nitrogen and oxygen atoms in total. The van der Waals surface area contributed by atoms with E-state index in [1.54, 1.807) is 25.6 Å². The van der Waals surface area contributed by atoms with Crippen molar-refractivity contribution in [2.45, 2.75) is 13.2 Å². The van der Waals surface area contributed by atoms with Gasteiger partial charge in [0, 0.05) is 31.3 Å². The zero-order valence-electron chi connectivity index (χ0n) is 14.8. The van der Waals surface area contributed by atoms with Gasteiger partial charge >= 0.3 is 0 Å². The second-order valence-electron chi connectivity index (χ2n) is 5.60. The molecule has 3 N–H and O–H groups in total. The summed E-state index contributed by atoms with van der Waals surface area (Å²) in [6, 6.07) is 9.23. The van der Waals surface area contributed by atoms with E-state index in [1.807, 2.05) is 24.3 Å². The van der Waals surface area contributed by atoms with Crippen LogP contribution in [0.15, 0.2) is 55.1 Å². The zero-order valence-corrected chi connectivity index (χ0v) is 14.8. The van der Waals surface area contributed by atoms with Gasteiger partial charge in [-0.2, -0.15) is 0 Å². The molecule has 3 rings (SSSR count). The van der Waals surface area contributed by atoms with E-state index in [1.165, 1.54) is 12.4 Å². The number of amides is 1. The minimum absolute atomic E-state index is 0.0902. The van der Waals surface area contributed by atoms with E-state index < -0.39 is 5.91 Å². The lowest BCUT2D eigenvalue weighted by atomic mass is 10.2. The number of nitrogens with zero attached hydrogens (tertiary/aromatic N) is 3. The van der Waals surface area contributed by atoms with Gasteiger partial charge in [0.2, 0.25) is 0 Å². The van der Waals surface area contributed by atoms with Crippen LogP contribution in [0.2, 0.25) is 0 Å². The molecule has 0 saturated heterocycles. The van der Waals surface area contributed by atoms with E-state index in [0.29, 0.717) is 18.1 Å². The minimum Gasteiger partial charge on any atom is -0.493 e. The van der Waals surface area contributed by atoms with Crippen LogP contribution in [0, 0.1) is 0 Å². The smallest absolute Gasteiger partial charge is 0.273 e. The Morgan fingerprint density at radius 3 is 2.56 bits per heavy atom. The molecule has 0 unspecified atom stereocenters. The molecule has 0 spiro atoms. The molecule has 138 valence electrons. The Bertz CT molecular complexity index is 918. The van der Waals surface area contributed by atoms with Crippen LogP contribution in [-0.4, -0.2) is 28.0 Å². The van der Waals surface area contributed by atoms with Gasteiger partial charge in [0.05, 0.1) is 7.11 Å². The summed E-state index contributed by atoms with van der Waals surface area (Å²) < 4.78 is 11.2. The highest BCUT2D eigenvalue weighted by Gasteiger charge is 2.12. The Morgan fingerprint density at radius 2 is 1.81 bits per heavy atom. The summed E-state index contributed by atoms with van der Waals surface area (Å²) >= 11 is 0. The summed E-state index contributed by atoms with van der Waals surface area (Å²) in [7, 11) is 1.57. The van der Waals surface area contributed by atoms with Gasteiger partial charge in [-0.25, -0.2) is 9.97 Å². The number of nitrogens with one attached hydrogen (secondary N) is 1. The first kappa shape index (κ1) is 18.1. The van der Waals surface area contributed by atoms with Crippen molar-refractivity contribution >= 4 is 11.7 Å². The van der Waals surface area contributed by atoms with Gasteiger partial charge < -0.3 is 20.5 Å². The number of anilines is 1. The molecule has 0 bridgehead atoms. The van der Waals surface area contributed by atoms with Crippen molar-refractivity contribution in [2.75, 3.05) is 12.8 Å². The minimum atomic E-state index is -0.391. The number of methoxy groups -OCH3 is 1. The second kappa shape index (κ2) is 8.61. The molecule has 0 saturated carbocycles. The number of rotatable bonds is 7. The van der Waals surface area contributed by atoms with Crippen LogP contribution in [0.1, 0.15) is 21.6 Å². The topological polar surface area (TPSA) is 112 Å². The number of benzene rings is 1. The maximum absolute atomic E-state index is 12.2. The summed E-state index contributed by atoms with van der Waals surface area (Å²) in [5.41, 5.74) is 7.61. The molecule has 3 aromatic rings. The summed E-state index contributed by atoms with van der Waals surface area (Å²) in [5, 5.41) is 2.76. The average Bonchev–Trinajstić information content (AvgIpc) is 2.71. The van der Waals surface area contributed by atoms with Crippen LogP contribution >= 0.6 is 0 Å². The van der Waals surface area contributed by atoms with Crippen molar-refractivity contribution in [3.8, 4) is 11.5 Å². The predicted octanol–water partition coefficient (Wildman–Crippen LogP) is 1.97. The lowest BCUT2D eigenvalue weighted by Gasteiger charge is -2.13. The standard InChI is InChI=1S/C19H19N5O3/c1-26-16-10-14(11-24-19(25)17-18(20)23-9-8-22-17)2-3-15(16)27-12-13-4-6-21-7-5-13/h2-10H,11-12H2,1H3,(H2,20,23)(H,24,25). The highest BCUT2D eigenvalue weighted by atomic mass is 16.5. The zero-order chi connectivity index (χ0) is 19.1. The number of hydrogen-bond acceptors (Lipinski definition) is 7. The predicted molar refractivity (Wildman–Crippen MR) is 99.2 cm³/mol. The number of ether oxygens (including phenoxy) is 2. The van der Waals surface area contributed by atoms with Crippen LogP contribution in [0.3, 0.4) is 0 Å². The summed E-state index contributed by atoms with van der Waals surface area (Å²) in [4.78, 5) is 23.9. The number of carbonyl (C=O) groups excluding carboxylic acids is 1. The van der Waals surface area contributed by atoms with Gasteiger partial charge in [0.15, 0.2) is 23.0 Å². The van der Waals surface area contributed by atoms with Gasteiger partial charge in [-0.15, -0.1) is 0 Å². The Hall–Kier alpha value is -3.68. The lowest BCUT2D eigenvalue weighted by Crippen LogP contribution is -2.25. The normalized spacial score (nSPS) is 10.3. The Kier molecular flexibility index (Phi) is 5.78. The Morgan fingerprint density at radius 1 is 1.04 bits per heavy atom. The van der Waals surface area contributed by atoms with Crippen LogP contribution < -0.4 is 20.5 Å². The van der Waals surface area contributed by atoms with Crippen LogP contribution in [0.5, 0.6) is 11.5 Å². The molecule has 0 fully saturated rings. The molecule has 27 heavy (non-hydrogen) atoms. The van der Waals surface area contributed by atoms with E-state index in [4.69, 9.17) is 15.2 Å². The number of pyridine rings is 1. The molecule has 0 radical (unpaired) electrons. The number of carbonyl (C=O) groups is 1. The van der Waals surface area contributed by atoms with E-state index in [0.717, 1.165) is 11.1 Å². The first-order chi connectivity index (χ1) is 13.2. The molecule has 0 aliphatic rings. The van der Waals surface area contributed by atoms with Gasteiger partial charge in [0.25, 0.3) is 5.91 Å². The lowest BCUT2D eigenvalue weighted by molar-refractivity contribution is 0.0946. The number of nitrogens with two attached hydrogens (primary N) is 1. The third kappa shape index (κ3) is 4.69. The fourth-order valence-electron chi connectivity index (χ4n) is 2.37. The molecule has 0 aliphatic heterocycles. The molecule has 2 heterocycles. The monoisotopic (exact) mass is 365 g/mol. The van der Waals surface area contributed by atoms with Gasteiger partial charge in [0.1, 0.15) is 6.61 Å². The number of nitrogen functional groups attached to an aromatic ring is 1. The first-order valence-corrected chi connectivity index (χ1v) is 8.20. The molecular weight excluding hydrogens is 346 g/mol. The number of aromatic nitrogens is 3. The molecule has 2 aromatic heterocycles. The second-order valence-corrected chi connectivity index (χ2v) is 5.60. The van der Waals surface area contributed by atoms with Crippen LogP contribution in [0.25, 0.3) is 0 Å². The van der Waals surface area contributed by atoms with Crippen molar-refractivity contribution in [2.24, 2.45) is 0 Å². The molecule has 8 heteroatoms. The fraction of sp³-hybridized carbons (Fsp3) is 0.158. The molecule has 0 atom stereocenters. The van der Waals surface area contributed by atoms with Crippen LogP contribution in [-0.2, 0) is 13.2 Å². The van der Waals surface area contributed by atoms with Crippen molar-refractivity contribution in [3.63, 3.8) is 0 Å². The fourth-order valence-corrected chi connectivity index (χ4v) is 2.37. The summed E-state index contributed by atoms with van der Waals surface area (Å²) in [6.45, 7) is 0.691. The molecule has 1 aromatic carbocycles. The van der Waals surface area contributed by atoms with Crippen molar-refractivity contribution < 1.29 is 14.3 Å². The third-order valence-corrected chi connectivity index (χ3v) is 3.77. The van der Waals surface area contributed by atoms with Gasteiger partial charge in [-0.05, 0) is 35.4 Å². The summed E-state index contributed by atoms with van der Waals surface area (Å²) in [6.07, 6.45) is 6.28. The quantitative estimate of drug-likeness (QED) is 0.658. The Balaban J connectivity index is 1.63. The molecular formula is C19H19N5O3. The van der Waals surface area contributed by atoms with Gasteiger partial charge in [-0.1, -0.05) is 6.07 Å². The maximum Gasteiger partial charge on any atom is 0.273 e. The largest absolute Gasteiger partial charge is 0.493 e. The molecule has 0 aliphatic carbocycles. The van der Waals surface area contributed by atoms with E-state index in [2.05, 4.69) is 20.3 Å². The molecule has 1 amide bonds. The van der Waals surface area contributed by atoms with E-state index >= 15 is 0 Å². The first-order valence-electron chi connectivity index (χ1n) is 8.20.